The van der Waals surface area contributed by atoms with Crippen molar-refractivity contribution in [3.8, 4) is 17.0 Å². The summed E-state index contributed by atoms with van der Waals surface area (Å²) in [5.74, 6) is 2.58. The molecule has 3 heterocycles. The second-order valence-electron chi connectivity index (χ2n) is 10.0. The number of benzene rings is 1. The molecule has 37 heavy (non-hydrogen) atoms. The van der Waals surface area contributed by atoms with E-state index in [0.29, 0.717) is 18.5 Å². The number of aliphatic hydroxyl groups excluding tert-OH is 1. The van der Waals surface area contributed by atoms with Crippen LogP contribution in [-0.4, -0.2) is 82.5 Å². The van der Waals surface area contributed by atoms with Crippen LogP contribution in [-0.2, 0) is 0 Å². The zero-order valence-corrected chi connectivity index (χ0v) is 21.7. The molecule has 3 aromatic rings. The molecule has 9 nitrogen and oxygen atoms in total. The van der Waals surface area contributed by atoms with Gasteiger partial charge >= 0.3 is 0 Å². The number of piperazine rings is 1. The maximum atomic E-state index is 9.10. The summed E-state index contributed by atoms with van der Waals surface area (Å²) >= 11 is 0. The third kappa shape index (κ3) is 6.66. The number of hydrogen-bond donors (Lipinski definition) is 2. The molecule has 1 aliphatic carbocycles. The molecule has 2 N–H and O–H groups in total. The van der Waals surface area contributed by atoms with Crippen LogP contribution < -0.4 is 10.1 Å². The van der Waals surface area contributed by atoms with E-state index >= 15 is 0 Å². The molecule has 0 bridgehead atoms. The Balaban J connectivity index is 1.19. The first-order chi connectivity index (χ1) is 18.2. The number of nitrogens with zero attached hydrogens (tertiary/aromatic N) is 5. The van der Waals surface area contributed by atoms with Gasteiger partial charge in [0.2, 0.25) is 5.95 Å². The molecule has 0 amide bonds. The van der Waals surface area contributed by atoms with Crippen LogP contribution in [0.4, 0.5) is 11.6 Å². The largest absolute Gasteiger partial charge is 0.492 e. The first-order valence-electron chi connectivity index (χ1n) is 13.5. The van der Waals surface area contributed by atoms with E-state index in [2.05, 4.69) is 25.3 Å². The molecular weight excluding hydrogens is 468 g/mol. The number of nitrogens with one attached hydrogen (secondary N) is 1. The van der Waals surface area contributed by atoms with Crippen LogP contribution in [0.2, 0.25) is 0 Å². The Bertz CT molecular complexity index is 1140. The zero-order valence-electron chi connectivity index (χ0n) is 21.7. The number of aliphatic hydroxyl groups is 1. The first kappa shape index (κ1) is 25.6. The van der Waals surface area contributed by atoms with Crippen LogP contribution in [0.3, 0.4) is 0 Å². The lowest BCUT2D eigenvalue weighted by molar-refractivity contribution is 0.102. The van der Waals surface area contributed by atoms with Gasteiger partial charge in [-0.2, -0.15) is 0 Å². The molecule has 0 spiro atoms. The summed E-state index contributed by atoms with van der Waals surface area (Å²) in [5.41, 5.74) is 3.75. The summed E-state index contributed by atoms with van der Waals surface area (Å²) in [6.07, 6.45) is 7.88. The molecule has 2 aromatic heterocycles. The second-order valence-corrected chi connectivity index (χ2v) is 10.0. The smallest absolute Gasteiger partial charge is 0.227 e. The topological polar surface area (TPSA) is 99.8 Å². The Labute approximate surface area is 218 Å². The number of ether oxygens (including phenoxy) is 1. The van der Waals surface area contributed by atoms with Crippen molar-refractivity contribution in [1.82, 2.24) is 24.9 Å². The van der Waals surface area contributed by atoms with Gasteiger partial charge in [-0.1, -0.05) is 30.5 Å². The van der Waals surface area contributed by atoms with E-state index in [-0.39, 0.29) is 6.61 Å². The van der Waals surface area contributed by atoms with Gasteiger partial charge in [0.15, 0.2) is 0 Å². The van der Waals surface area contributed by atoms with Gasteiger partial charge in [0.1, 0.15) is 18.1 Å². The Morgan fingerprint density at radius 2 is 1.84 bits per heavy atom. The molecule has 5 rings (SSSR count). The van der Waals surface area contributed by atoms with Crippen molar-refractivity contribution >= 4 is 11.6 Å². The van der Waals surface area contributed by atoms with Crippen LogP contribution >= 0.6 is 0 Å². The predicted octanol–water partition coefficient (Wildman–Crippen LogP) is 4.22. The van der Waals surface area contributed by atoms with Crippen molar-refractivity contribution in [1.29, 1.82) is 0 Å². The number of aromatic nitrogens is 3. The number of aryl methyl sites for hydroxylation is 1. The lowest BCUT2D eigenvalue weighted by atomic mass is 9.85. The number of anilines is 2. The Morgan fingerprint density at radius 3 is 2.62 bits per heavy atom. The van der Waals surface area contributed by atoms with Crippen LogP contribution in [0, 0.1) is 6.92 Å². The summed E-state index contributed by atoms with van der Waals surface area (Å²) in [7, 11) is 0. The Hall–Kier alpha value is -3.01. The van der Waals surface area contributed by atoms with Crippen LogP contribution in [0.15, 0.2) is 41.1 Å². The fourth-order valence-corrected chi connectivity index (χ4v) is 5.38. The molecule has 1 saturated heterocycles. The number of β-amino-alcohol motifs (C(OH)–C–C–N with tert-alkyl or cyclic N) is 1. The summed E-state index contributed by atoms with van der Waals surface area (Å²) in [4.78, 5) is 14.0. The molecule has 0 radical (unpaired) electrons. The Morgan fingerprint density at radius 1 is 1.05 bits per heavy atom. The molecule has 2 fully saturated rings. The third-order valence-corrected chi connectivity index (χ3v) is 7.44. The van der Waals surface area contributed by atoms with Crippen molar-refractivity contribution < 1.29 is 14.4 Å². The van der Waals surface area contributed by atoms with Crippen LogP contribution in [0.1, 0.15) is 49.5 Å². The minimum Gasteiger partial charge on any atom is -0.492 e. The van der Waals surface area contributed by atoms with E-state index in [1.54, 1.807) is 6.20 Å². The van der Waals surface area contributed by atoms with Gasteiger partial charge in [0, 0.05) is 63.1 Å². The van der Waals surface area contributed by atoms with Crippen molar-refractivity contribution in [3.05, 3.63) is 48.0 Å². The lowest BCUT2D eigenvalue weighted by Crippen LogP contribution is -2.48. The highest BCUT2D eigenvalue weighted by molar-refractivity contribution is 5.66. The van der Waals surface area contributed by atoms with E-state index in [1.807, 2.05) is 37.3 Å². The molecule has 0 atom stereocenters. The predicted molar refractivity (Wildman–Crippen MR) is 143 cm³/mol. The van der Waals surface area contributed by atoms with Gasteiger partial charge in [0.25, 0.3) is 0 Å². The number of rotatable bonds is 10. The monoisotopic (exact) mass is 506 g/mol. The van der Waals surface area contributed by atoms with E-state index in [4.69, 9.17) is 19.4 Å². The van der Waals surface area contributed by atoms with Gasteiger partial charge < -0.3 is 19.7 Å². The quantitative estimate of drug-likeness (QED) is 0.419. The minimum atomic E-state index is 0.227. The van der Waals surface area contributed by atoms with Crippen molar-refractivity contribution in [2.45, 2.75) is 44.9 Å². The lowest BCUT2D eigenvalue weighted by Gasteiger charge is -2.34. The standard InChI is InChI=1S/C28H38N6O3/c1-21-26(27(32-37-21)22-6-3-2-4-7-22)25-10-11-29-28(31-25)30-23-8-5-9-24(20-23)36-19-17-34-14-12-33(13-15-34)16-18-35/h5,8-11,20,22,35H,2-4,6-7,12-19H2,1H3,(H,29,30,31). The minimum absolute atomic E-state index is 0.227. The highest BCUT2D eigenvalue weighted by Gasteiger charge is 2.25. The van der Waals surface area contributed by atoms with E-state index in [0.717, 1.165) is 86.3 Å². The van der Waals surface area contributed by atoms with Crippen molar-refractivity contribution in [2.75, 3.05) is 57.8 Å². The summed E-state index contributed by atoms with van der Waals surface area (Å²) in [6, 6.07) is 9.84. The molecule has 2 aliphatic rings. The molecule has 9 heteroatoms. The normalized spacial score (nSPS) is 17.7. The average Bonchev–Trinajstić information content (AvgIpc) is 3.32. The van der Waals surface area contributed by atoms with Gasteiger partial charge in [-0.05, 0) is 38.0 Å². The van der Waals surface area contributed by atoms with Gasteiger partial charge in [-0.3, -0.25) is 9.80 Å². The molecular formula is C28H38N6O3. The summed E-state index contributed by atoms with van der Waals surface area (Å²) in [5, 5.41) is 16.9. The maximum Gasteiger partial charge on any atom is 0.227 e. The fraction of sp³-hybridized carbons (Fsp3) is 0.536. The Kier molecular flexibility index (Phi) is 8.65. The molecule has 198 valence electrons. The van der Waals surface area contributed by atoms with Gasteiger partial charge in [-0.15, -0.1) is 0 Å². The highest BCUT2D eigenvalue weighted by atomic mass is 16.5. The molecule has 1 aromatic carbocycles. The molecule has 1 aliphatic heterocycles. The average molecular weight is 507 g/mol. The SMILES string of the molecule is Cc1onc(C2CCCCC2)c1-c1ccnc(Nc2cccc(OCCN3CCN(CCO)CC3)c2)n1. The van der Waals surface area contributed by atoms with E-state index in [1.165, 1.54) is 19.3 Å². The third-order valence-electron chi connectivity index (χ3n) is 7.44. The number of hydrogen-bond acceptors (Lipinski definition) is 9. The highest BCUT2D eigenvalue weighted by Crippen LogP contribution is 2.38. The zero-order chi connectivity index (χ0) is 25.5. The van der Waals surface area contributed by atoms with Crippen LogP contribution in [0.25, 0.3) is 11.3 Å². The first-order valence-corrected chi connectivity index (χ1v) is 13.5. The van der Waals surface area contributed by atoms with Crippen LogP contribution in [0.5, 0.6) is 5.75 Å². The molecule has 0 unspecified atom stereocenters. The second kappa shape index (κ2) is 12.5. The summed E-state index contributed by atoms with van der Waals surface area (Å²) < 4.78 is 11.7. The summed E-state index contributed by atoms with van der Waals surface area (Å²) in [6.45, 7) is 8.47. The van der Waals surface area contributed by atoms with Gasteiger partial charge in [-0.25, -0.2) is 9.97 Å². The fourth-order valence-electron chi connectivity index (χ4n) is 5.38. The van der Waals surface area contributed by atoms with E-state index in [9.17, 15) is 0 Å². The van der Waals surface area contributed by atoms with Crippen molar-refractivity contribution in [2.24, 2.45) is 0 Å². The maximum absolute atomic E-state index is 9.10. The van der Waals surface area contributed by atoms with Crippen molar-refractivity contribution in [3.63, 3.8) is 0 Å². The van der Waals surface area contributed by atoms with Gasteiger partial charge in [0.05, 0.1) is 23.6 Å². The van der Waals surface area contributed by atoms with E-state index < -0.39 is 0 Å². The molecule has 1 saturated carbocycles.